The number of nitrogens with one attached hydrogen (secondary N) is 1. The van der Waals surface area contributed by atoms with Crippen LogP contribution >= 0.6 is 11.6 Å². The summed E-state index contributed by atoms with van der Waals surface area (Å²) in [4.78, 5) is 11.6. The van der Waals surface area contributed by atoms with Crippen molar-refractivity contribution in [1.82, 2.24) is 10.5 Å². The van der Waals surface area contributed by atoms with Crippen molar-refractivity contribution in [2.75, 3.05) is 13.2 Å². The van der Waals surface area contributed by atoms with Crippen molar-refractivity contribution in [2.24, 2.45) is 0 Å². The maximum atomic E-state index is 11.6. The lowest BCUT2D eigenvalue weighted by Gasteiger charge is -2.22. The Balaban J connectivity index is 1.62. The van der Waals surface area contributed by atoms with Gasteiger partial charge in [0.05, 0.1) is 6.10 Å². The van der Waals surface area contributed by atoms with Crippen molar-refractivity contribution in [1.29, 1.82) is 0 Å². The molecule has 2 heterocycles. The Kier molecular flexibility index (Phi) is 5.01. The normalized spacial score (nSPS) is 19.7. The van der Waals surface area contributed by atoms with Crippen LogP contribution in [0.1, 0.15) is 31.4 Å². The monoisotopic (exact) mass is 272 g/mol. The summed E-state index contributed by atoms with van der Waals surface area (Å²) in [5.74, 6) is 0.626. The standard InChI is InChI=1S/C12H17ClN2O3/c13-11-7-9(18-15-11)4-5-12(16)14-8-10-3-1-2-6-17-10/h7,10H,1-6,8H2,(H,14,16)/t10-/m1/s1. The fourth-order valence-electron chi connectivity index (χ4n) is 1.93. The molecule has 0 aromatic carbocycles. The molecule has 6 heteroatoms. The number of amides is 1. The van der Waals surface area contributed by atoms with Crippen LogP contribution < -0.4 is 5.32 Å². The highest BCUT2D eigenvalue weighted by atomic mass is 35.5. The van der Waals surface area contributed by atoms with Crippen molar-refractivity contribution >= 4 is 17.5 Å². The Morgan fingerprint density at radius 1 is 1.56 bits per heavy atom. The van der Waals surface area contributed by atoms with E-state index in [4.69, 9.17) is 20.9 Å². The molecule has 1 fully saturated rings. The molecule has 0 radical (unpaired) electrons. The second kappa shape index (κ2) is 6.75. The highest BCUT2D eigenvalue weighted by Crippen LogP contribution is 2.12. The molecule has 1 atom stereocenters. The highest BCUT2D eigenvalue weighted by Gasteiger charge is 2.14. The van der Waals surface area contributed by atoms with E-state index in [1.165, 1.54) is 6.42 Å². The van der Waals surface area contributed by atoms with E-state index in [0.717, 1.165) is 19.4 Å². The van der Waals surface area contributed by atoms with Crippen LogP contribution in [0.3, 0.4) is 0 Å². The molecule has 2 rings (SSSR count). The molecule has 1 aromatic heterocycles. The van der Waals surface area contributed by atoms with Gasteiger partial charge in [0.1, 0.15) is 5.76 Å². The summed E-state index contributed by atoms with van der Waals surface area (Å²) >= 11 is 5.62. The lowest BCUT2D eigenvalue weighted by molar-refractivity contribution is -0.122. The maximum absolute atomic E-state index is 11.6. The van der Waals surface area contributed by atoms with Gasteiger partial charge in [-0.25, -0.2) is 0 Å². The minimum absolute atomic E-state index is 0.00306. The lowest BCUT2D eigenvalue weighted by Crippen LogP contribution is -2.35. The predicted molar refractivity (Wildman–Crippen MR) is 66.4 cm³/mol. The van der Waals surface area contributed by atoms with Gasteiger partial charge in [-0.1, -0.05) is 16.8 Å². The highest BCUT2D eigenvalue weighted by molar-refractivity contribution is 6.29. The van der Waals surface area contributed by atoms with Gasteiger partial charge in [0.2, 0.25) is 5.91 Å². The summed E-state index contributed by atoms with van der Waals surface area (Å²) in [5, 5.41) is 6.74. The Morgan fingerprint density at radius 3 is 3.11 bits per heavy atom. The lowest BCUT2D eigenvalue weighted by atomic mass is 10.1. The molecule has 1 aromatic rings. The molecule has 100 valence electrons. The number of ether oxygens (including phenoxy) is 1. The number of aromatic nitrogens is 1. The van der Waals surface area contributed by atoms with Crippen LogP contribution in [0.15, 0.2) is 10.6 Å². The molecule has 1 aliphatic heterocycles. The predicted octanol–water partition coefficient (Wildman–Crippen LogP) is 1.95. The minimum Gasteiger partial charge on any atom is -0.376 e. The van der Waals surface area contributed by atoms with Gasteiger partial charge >= 0.3 is 0 Å². The first-order chi connectivity index (χ1) is 8.74. The van der Waals surface area contributed by atoms with Gasteiger partial charge in [-0.05, 0) is 19.3 Å². The summed E-state index contributed by atoms with van der Waals surface area (Å²) in [7, 11) is 0. The van der Waals surface area contributed by atoms with E-state index in [-0.39, 0.29) is 12.0 Å². The molecule has 1 N–H and O–H groups in total. The summed E-state index contributed by atoms with van der Waals surface area (Å²) in [6.07, 6.45) is 4.38. The summed E-state index contributed by atoms with van der Waals surface area (Å²) in [6.45, 7) is 1.40. The first-order valence-electron chi connectivity index (χ1n) is 6.23. The number of hydrogen-bond acceptors (Lipinski definition) is 4. The zero-order valence-corrected chi connectivity index (χ0v) is 10.9. The molecule has 1 amide bonds. The van der Waals surface area contributed by atoms with Gasteiger partial charge in [-0.15, -0.1) is 0 Å². The number of carbonyl (C=O) groups excluding carboxylic acids is 1. The largest absolute Gasteiger partial charge is 0.376 e. The second-order valence-corrected chi connectivity index (χ2v) is 4.80. The van der Waals surface area contributed by atoms with Crippen LogP contribution in [0.4, 0.5) is 0 Å². The maximum Gasteiger partial charge on any atom is 0.220 e. The third-order valence-corrected chi connectivity index (χ3v) is 3.11. The van der Waals surface area contributed by atoms with Crippen LogP contribution in [0.25, 0.3) is 0 Å². The fraction of sp³-hybridized carbons (Fsp3) is 0.667. The first kappa shape index (κ1) is 13.4. The molecular weight excluding hydrogens is 256 g/mol. The summed E-state index contributed by atoms with van der Waals surface area (Å²) in [6, 6.07) is 1.62. The average molecular weight is 273 g/mol. The first-order valence-corrected chi connectivity index (χ1v) is 6.61. The second-order valence-electron chi connectivity index (χ2n) is 4.41. The van der Waals surface area contributed by atoms with Gasteiger partial charge in [0.25, 0.3) is 0 Å². The van der Waals surface area contributed by atoms with Crippen molar-refractivity contribution in [2.45, 2.75) is 38.2 Å². The van der Waals surface area contributed by atoms with E-state index in [1.54, 1.807) is 6.07 Å². The van der Waals surface area contributed by atoms with Crippen molar-refractivity contribution in [3.05, 3.63) is 17.0 Å². The quantitative estimate of drug-likeness (QED) is 0.890. The van der Waals surface area contributed by atoms with Gasteiger partial charge < -0.3 is 14.6 Å². The molecule has 18 heavy (non-hydrogen) atoms. The molecule has 0 aliphatic carbocycles. The van der Waals surface area contributed by atoms with Gasteiger partial charge in [0, 0.05) is 32.1 Å². The SMILES string of the molecule is O=C(CCc1cc(Cl)no1)NC[C@H]1CCCCO1. The van der Waals surface area contributed by atoms with Gasteiger partial charge in [-0.3, -0.25) is 4.79 Å². The number of halogens is 1. The van der Waals surface area contributed by atoms with E-state index in [0.29, 0.717) is 30.3 Å². The molecule has 0 unspecified atom stereocenters. The Morgan fingerprint density at radius 2 is 2.44 bits per heavy atom. The van der Waals surface area contributed by atoms with Crippen molar-refractivity contribution in [3.63, 3.8) is 0 Å². The molecule has 5 nitrogen and oxygen atoms in total. The third kappa shape index (κ3) is 4.31. The number of nitrogens with zero attached hydrogens (tertiary/aromatic N) is 1. The van der Waals surface area contributed by atoms with Crippen molar-refractivity contribution in [3.8, 4) is 0 Å². The van der Waals surface area contributed by atoms with E-state index in [9.17, 15) is 4.79 Å². The van der Waals surface area contributed by atoms with Gasteiger partial charge in [-0.2, -0.15) is 0 Å². The zero-order valence-electron chi connectivity index (χ0n) is 10.2. The summed E-state index contributed by atoms with van der Waals surface area (Å²) < 4.78 is 10.5. The Labute approximate surface area is 111 Å². The average Bonchev–Trinajstić information content (AvgIpc) is 2.81. The molecule has 0 saturated carbocycles. The number of aryl methyl sites for hydroxylation is 1. The smallest absolute Gasteiger partial charge is 0.220 e. The molecule has 1 saturated heterocycles. The number of hydrogen-bond donors (Lipinski definition) is 1. The molecule has 0 bridgehead atoms. The Hall–Kier alpha value is -1.07. The van der Waals surface area contributed by atoms with E-state index in [2.05, 4.69) is 10.5 Å². The van der Waals surface area contributed by atoms with Crippen LogP contribution in [-0.4, -0.2) is 30.3 Å². The number of carbonyl (C=O) groups is 1. The van der Waals surface area contributed by atoms with E-state index in [1.807, 2.05) is 0 Å². The van der Waals surface area contributed by atoms with Crippen LogP contribution in [0.2, 0.25) is 5.15 Å². The van der Waals surface area contributed by atoms with E-state index < -0.39 is 0 Å². The van der Waals surface area contributed by atoms with Crippen LogP contribution in [0.5, 0.6) is 0 Å². The van der Waals surface area contributed by atoms with E-state index >= 15 is 0 Å². The van der Waals surface area contributed by atoms with Crippen LogP contribution in [0, 0.1) is 0 Å². The topological polar surface area (TPSA) is 64.4 Å². The molecular formula is C12H17ClN2O3. The summed E-state index contributed by atoms with van der Waals surface area (Å²) in [5.41, 5.74) is 0. The third-order valence-electron chi connectivity index (χ3n) is 2.93. The zero-order chi connectivity index (χ0) is 12.8. The minimum atomic E-state index is -0.00306. The van der Waals surface area contributed by atoms with Crippen LogP contribution in [-0.2, 0) is 16.0 Å². The van der Waals surface area contributed by atoms with Crippen molar-refractivity contribution < 1.29 is 14.1 Å². The molecule has 0 spiro atoms. The Bertz CT molecular complexity index is 388. The fourth-order valence-corrected chi connectivity index (χ4v) is 2.08. The van der Waals surface area contributed by atoms with Gasteiger partial charge in [0.15, 0.2) is 5.15 Å². The number of rotatable bonds is 5. The molecule has 1 aliphatic rings.